The van der Waals surface area contributed by atoms with Crippen molar-refractivity contribution in [3.8, 4) is 0 Å². The molecule has 3 nitrogen and oxygen atoms in total. The van der Waals surface area contributed by atoms with Gasteiger partial charge in [0.25, 0.3) is 0 Å². The lowest BCUT2D eigenvalue weighted by Crippen LogP contribution is -2.37. The molecule has 0 radical (unpaired) electrons. The van der Waals surface area contributed by atoms with Crippen LogP contribution in [0.4, 0.5) is 0 Å². The van der Waals surface area contributed by atoms with Gasteiger partial charge < -0.3 is 10.2 Å². The average Bonchev–Trinajstić information content (AvgIpc) is 2.72. The SMILES string of the molecule is C=C/C(C)=C\C=C(/C)N1CCC(C)=C(C(=NCc2cccc(C)c2C)NCC)C1. The summed E-state index contributed by atoms with van der Waals surface area (Å²) in [6, 6.07) is 6.47. The molecule has 1 aliphatic rings. The minimum atomic E-state index is 0.711. The van der Waals surface area contributed by atoms with E-state index in [0.717, 1.165) is 31.9 Å². The lowest BCUT2D eigenvalue weighted by atomic mass is 9.99. The van der Waals surface area contributed by atoms with E-state index in [1.807, 2.05) is 6.08 Å². The third-order valence-corrected chi connectivity index (χ3v) is 5.78. The molecule has 1 aliphatic heterocycles. The number of nitrogens with zero attached hydrogens (tertiary/aromatic N) is 2. The largest absolute Gasteiger partial charge is 0.370 e. The van der Waals surface area contributed by atoms with E-state index in [1.165, 1.54) is 39.1 Å². The van der Waals surface area contributed by atoms with Gasteiger partial charge in [-0.2, -0.15) is 0 Å². The fourth-order valence-electron chi connectivity index (χ4n) is 3.43. The van der Waals surface area contributed by atoms with Crippen molar-refractivity contribution in [2.24, 2.45) is 4.99 Å². The normalized spacial score (nSPS) is 16.3. The van der Waals surface area contributed by atoms with Crippen LogP contribution in [0.3, 0.4) is 0 Å². The summed E-state index contributed by atoms with van der Waals surface area (Å²) in [7, 11) is 0. The van der Waals surface area contributed by atoms with E-state index in [1.54, 1.807) is 0 Å². The highest BCUT2D eigenvalue weighted by molar-refractivity contribution is 5.99. The molecule has 1 N–H and O–H groups in total. The number of hydrogen-bond donors (Lipinski definition) is 1. The summed E-state index contributed by atoms with van der Waals surface area (Å²) in [4.78, 5) is 7.46. The highest BCUT2D eigenvalue weighted by Gasteiger charge is 2.20. The van der Waals surface area contributed by atoms with Gasteiger partial charge in [0.05, 0.1) is 6.54 Å². The minimum Gasteiger partial charge on any atom is -0.370 e. The van der Waals surface area contributed by atoms with Crippen LogP contribution in [0, 0.1) is 13.8 Å². The second kappa shape index (κ2) is 10.8. The molecule has 0 atom stereocenters. The minimum absolute atomic E-state index is 0.711. The van der Waals surface area contributed by atoms with Crippen LogP contribution in [0.25, 0.3) is 0 Å². The predicted molar refractivity (Wildman–Crippen MR) is 127 cm³/mol. The molecule has 2 rings (SSSR count). The van der Waals surface area contributed by atoms with Gasteiger partial charge in [-0.15, -0.1) is 0 Å². The Balaban J connectivity index is 2.26. The highest BCUT2D eigenvalue weighted by atomic mass is 15.1. The number of aryl methyl sites for hydroxylation is 1. The summed E-state index contributed by atoms with van der Waals surface area (Å²) in [6.45, 7) is 20.4. The Bertz CT molecular complexity index is 853. The zero-order valence-electron chi connectivity index (χ0n) is 19.1. The highest BCUT2D eigenvalue weighted by Crippen LogP contribution is 2.22. The van der Waals surface area contributed by atoms with Crippen molar-refractivity contribution in [3.63, 3.8) is 0 Å². The van der Waals surface area contributed by atoms with Gasteiger partial charge >= 0.3 is 0 Å². The molecule has 1 heterocycles. The van der Waals surface area contributed by atoms with Gasteiger partial charge in [0.2, 0.25) is 0 Å². The van der Waals surface area contributed by atoms with Gasteiger partial charge in [0.1, 0.15) is 5.84 Å². The van der Waals surface area contributed by atoms with Crippen LogP contribution in [0.5, 0.6) is 0 Å². The lowest BCUT2D eigenvalue weighted by molar-refractivity contribution is 0.363. The van der Waals surface area contributed by atoms with Crippen LogP contribution in [0.1, 0.15) is 50.8 Å². The first-order chi connectivity index (χ1) is 13.9. The van der Waals surface area contributed by atoms with Crippen molar-refractivity contribution in [2.45, 2.75) is 54.5 Å². The fourth-order valence-corrected chi connectivity index (χ4v) is 3.43. The summed E-state index contributed by atoms with van der Waals surface area (Å²) < 4.78 is 0. The van der Waals surface area contributed by atoms with Gasteiger partial charge in [-0.05, 0) is 70.7 Å². The molecule has 29 heavy (non-hydrogen) atoms. The van der Waals surface area contributed by atoms with Crippen molar-refractivity contribution in [3.05, 3.63) is 82.1 Å². The molecular weight excluding hydrogens is 354 g/mol. The Hall–Kier alpha value is -2.55. The molecule has 0 amide bonds. The zero-order valence-corrected chi connectivity index (χ0v) is 19.1. The maximum Gasteiger partial charge on any atom is 0.126 e. The molecule has 156 valence electrons. The van der Waals surface area contributed by atoms with E-state index in [0.29, 0.717) is 6.54 Å². The number of likely N-dealkylation sites (N-methyl/N-ethyl adjacent to an activating group) is 1. The summed E-state index contributed by atoms with van der Waals surface area (Å²) in [6.07, 6.45) is 7.28. The molecule has 0 bridgehead atoms. The molecule has 0 unspecified atom stereocenters. The van der Waals surface area contributed by atoms with Crippen LogP contribution in [-0.2, 0) is 6.54 Å². The maximum absolute atomic E-state index is 5.02. The Morgan fingerprint density at radius 2 is 1.97 bits per heavy atom. The standard InChI is InChI=1S/C26H37N3/c1-8-19(3)13-14-22(6)29-16-15-21(5)25(18-29)26(27-9-2)28-17-24-12-10-11-20(4)23(24)7/h8,10-14H,1,9,15-18H2,2-7H3,(H,27,28)/b19-13-,22-14+. The van der Waals surface area contributed by atoms with Crippen LogP contribution in [0.15, 0.2) is 70.4 Å². The number of aliphatic imine (C=N–C) groups is 1. The molecule has 0 aliphatic carbocycles. The topological polar surface area (TPSA) is 27.6 Å². The number of amidine groups is 1. The monoisotopic (exact) mass is 391 g/mol. The number of benzene rings is 1. The van der Waals surface area contributed by atoms with Gasteiger partial charge in [-0.3, -0.25) is 4.99 Å². The lowest BCUT2D eigenvalue weighted by Gasteiger charge is -2.33. The molecule has 3 heteroatoms. The number of nitrogens with one attached hydrogen (secondary N) is 1. The Morgan fingerprint density at radius 3 is 2.66 bits per heavy atom. The van der Waals surface area contributed by atoms with E-state index in [9.17, 15) is 0 Å². The number of rotatable bonds is 7. The Kier molecular flexibility index (Phi) is 8.50. The van der Waals surface area contributed by atoms with Gasteiger partial charge in [-0.1, -0.05) is 48.1 Å². The van der Waals surface area contributed by atoms with Crippen molar-refractivity contribution in [1.82, 2.24) is 10.2 Å². The molecule has 1 aromatic carbocycles. The summed E-state index contributed by atoms with van der Waals surface area (Å²) >= 11 is 0. The van der Waals surface area contributed by atoms with Crippen LogP contribution in [-0.4, -0.2) is 30.4 Å². The van der Waals surface area contributed by atoms with E-state index in [4.69, 9.17) is 4.99 Å². The number of allylic oxidation sites excluding steroid dienone is 5. The van der Waals surface area contributed by atoms with Crippen LogP contribution >= 0.6 is 0 Å². The van der Waals surface area contributed by atoms with E-state index >= 15 is 0 Å². The van der Waals surface area contributed by atoms with E-state index < -0.39 is 0 Å². The first-order valence-electron chi connectivity index (χ1n) is 10.6. The molecule has 0 aromatic heterocycles. The second-order valence-corrected chi connectivity index (χ2v) is 7.91. The number of hydrogen-bond acceptors (Lipinski definition) is 2. The molecule has 0 fully saturated rings. The predicted octanol–water partition coefficient (Wildman–Crippen LogP) is 5.87. The van der Waals surface area contributed by atoms with Crippen molar-refractivity contribution in [2.75, 3.05) is 19.6 Å². The second-order valence-electron chi connectivity index (χ2n) is 7.91. The van der Waals surface area contributed by atoms with Gasteiger partial charge in [0.15, 0.2) is 0 Å². The summed E-state index contributed by atoms with van der Waals surface area (Å²) in [5.41, 5.74) is 9.19. The molecule has 0 saturated heterocycles. The Morgan fingerprint density at radius 1 is 1.21 bits per heavy atom. The first kappa shape index (κ1) is 22.7. The summed E-state index contributed by atoms with van der Waals surface area (Å²) in [5, 5.41) is 3.53. The fraction of sp³-hybridized carbons (Fsp3) is 0.423. The van der Waals surface area contributed by atoms with Crippen LogP contribution in [0.2, 0.25) is 0 Å². The average molecular weight is 392 g/mol. The smallest absolute Gasteiger partial charge is 0.126 e. The van der Waals surface area contributed by atoms with Gasteiger partial charge in [0, 0.05) is 30.9 Å². The first-order valence-corrected chi connectivity index (χ1v) is 10.6. The van der Waals surface area contributed by atoms with Crippen molar-refractivity contribution >= 4 is 5.84 Å². The van der Waals surface area contributed by atoms with Crippen molar-refractivity contribution < 1.29 is 0 Å². The molecule has 0 saturated carbocycles. The maximum atomic E-state index is 5.02. The quantitative estimate of drug-likeness (QED) is 0.358. The van der Waals surface area contributed by atoms with Crippen LogP contribution < -0.4 is 5.32 Å². The summed E-state index contributed by atoms with van der Waals surface area (Å²) in [5.74, 6) is 1.04. The Labute approximate surface area is 177 Å². The third kappa shape index (κ3) is 6.22. The van der Waals surface area contributed by atoms with E-state index in [-0.39, 0.29) is 0 Å². The van der Waals surface area contributed by atoms with Crippen molar-refractivity contribution in [1.29, 1.82) is 0 Å². The van der Waals surface area contributed by atoms with E-state index in [2.05, 4.69) is 88.7 Å². The third-order valence-electron chi connectivity index (χ3n) is 5.78. The zero-order chi connectivity index (χ0) is 21.4. The van der Waals surface area contributed by atoms with Gasteiger partial charge in [-0.25, -0.2) is 0 Å². The molecule has 0 spiro atoms. The molecular formula is C26H37N3. The molecule has 1 aromatic rings.